The van der Waals surface area contributed by atoms with Crippen LogP contribution >= 0.6 is 23.8 Å². The molecule has 2 nitrogen and oxygen atoms in total. The van der Waals surface area contributed by atoms with E-state index in [4.69, 9.17) is 34.3 Å². The fourth-order valence-electron chi connectivity index (χ4n) is 1.86. The normalized spacial score (nSPS) is 10.3. The van der Waals surface area contributed by atoms with Gasteiger partial charge in [0.05, 0.1) is 5.02 Å². The lowest BCUT2D eigenvalue weighted by molar-refractivity contribution is 0.482. The van der Waals surface area contributed by atoms with Crippen LogP contribution in [-0.2, 0) is 0 Å². The maximum Gasteiger partial charge on any atom is 0.146 e. The number of hydrogen-bond donors (Lipinski definition) is 1. The van der Waals surface area contributed by atoms with Gasteiger partial charge in [-0.05, 0) is 55.3 Å². The fourth-order valence-corrected chi connectivity index (χ4v) is 2.20. The Morgan fingerprint density at radius 1 is 1.11 bits per heavy atom. The van der Waals surface area contributed by atoms with Crippen LogP contribution in [0.3, 0.4) is 0 Å². The molecule has 2 N–H and O–H groups in total. The van der Waals surface area contributed by atoms with Crippen molar-refractivity contribution in [2.24, 2.45) is 5.73 Å². The molecule has 0 saturated carbocycles. The number of aryl methyl sites for hydroxylation is 2. The molecular formula is C15H14ClNOS. The molecule has 0 atom stereocenters. The molecule has 0 radical (unpaired) electrons. The van der Waals surface area contributed by atoms with Crippen LogP contribution in [0.25, 0.3) is 0 Å². The average Bonchev–Trinajstić information content (AvgIpc) is 2.30. The van der Waals surface area contributed by atoms with E-state index in [1.54, 1.807) is 18.2 Å². The van der Waals surface area contributed by atoms with Gasteiger partial charge >= 0.3 is 0 Å². The quantitative estimate of drug-likeness (QED) is 0.852. The van der Waals surface area contributed by atoms with Crippen molar-refractivity contribution in [2.45, 2.75) is 13.8 Å². The minimum Gasteiger partial charge on any atom is -0.456 e. The van der Waals surface area contributed by atoms with Gasteiger partial charge in [-0.25, -0.2) is 0 Å². The Kier molecular flexibility index (Phi) is 4.08. The third kappa shape index (κ3) is 3.46. The summed E-state index contributed by atoms with van der Waals surface area (Å²) in [6.07, 6.45) is 0. The summed E-state index contributed by atoms with van der Waals surface area (Å²) in [5.41, 5.74) is 8.58. The molecule has 0 unspecified atom stereocenters. The molecule has 0 fully saturated rings. The van der Waals surface area contributed by atoms with E-state index >= 15 is 0 Å². The number of thiocarbonyl (C=S) groups is 1. The molecule has 2 aromatic rings. The molecule has 0 aliphatic heterocycles. The fraction of sp³-hybridized carbons (Fsp3) is 0.133. The van der Waals surface area contributed by atoms with Crippen molar-refractivity contribution in [3.63, 3.8) is 0 Å². The zero-order valence-corrected chi connectivity index (χ0v) is 12.3. The number of nitrogens with two attached hydrogens (primary N) is 1. The largest absolute Gasteiger partial charge is 0.456 e. The van der Waals surface area contributed by atoms with Gasteiger partial charge < -0.3 is 10.5 Å². The molecule has 98 valence electrons. The van der Waals surface area contributed by atoms with Gasteiger partial charge in [0.1, 0.15) is 16.5 Å². The second-order valence-corrected chi connectivity index (χ2v) is 5.28. The van der Waals surface area contributed by atoms with Gasteiger partial charge in [0.2, 0.25) is 0 Å². The zero-order valence-electron chi connectivity index (χ0n) is 10.7. The summed E-state index contributed by atoms with van der Waals surface area (Å²) in [6.45, 7) is 4.05. The van der Waals surface area contributed by atoms with Gasteiger partial charge in [-0.3, -0.25) is 0 Å². The van der Waals surface area contributed by atoms with E-state index in [2.05, 4.69) is 6.07 Å². The summed E-state index contributed by atoms with van der Waals surface area (Å²) in [7, 11) is 0. The number of hydrogen-bond acceptors (Lipinski definition) is 2. The molecule has 2 rings (SSSR count). The van der Waals surface area contributed by atoms with Crippen LogP contribution in [0.4, 0.5) is 0 Å². The molecule has 0 saturated heterocycles. The van der Waals surface area contributed by atoms with E-state index in [1.165, 1.54) is 0 Å². The van der Waals surface area contributed by atoms with Crippen LogP contribution in [0.15, 0.2) is 36.4 Å². The summed E-state index contributed by atoms with van der Waals surface area (Å²) in [6, 6.07) is 11.3. The lowest BCUT2D eigenvalue weighted by Gasteiger charge is -2.10. The van der Waals surface area contributed by atoms with Crippen molar-refractivity contribution in [3.8, 4) is 11.5 Å². The van der Waals surface area contributed by atoms with Gasteiger partial charge in [-0.15, -0.1) is 0 Å². The molecule has 0 aliphatic carbocycles. The van der Waals surface area contributed by atoms with Crippen LogP contribution < -0.4 is 10.5 Å². The molecule has 2 aromatic carbocycles. The predicted molar refractivity (Wildman–Crippen MR) is 83.3 cm³/mol. The zero-order chi connectivity index (χ0) is 14.0. The molecular weight excluding hydrogens is 278 g/mol. The highest BCUT2D eigenvalue weighted by molar-refractivity contribution is 7.80. The Hall–Kier alpha value is -1.58. The van der Waals surface area contributed by atoms with E-state index in [9.17, 15) is 0 Å². The third-order valence-corrected chi connectivity index (χ3v) is 3.17. The molecule has 0 heterocycles. The lowest BCUT2D eigenvalue weighted by Crippen LogP contribution is -2.08. The van der Waals surface area contributed by atoms with E-state index in [0.29, 0.717) is 15.8 Å². The minimum atomic E-state index is 0.319. The first-order chi connectivity index (χ1) is 8.95. The van der Waals surface area contributed by atoms with Gasteiger partial charge in [0.25, 0.3) is 0 Å². The Morgan fingerprint density at radius 2 is 1.74 bits per heavy atom. The smallest absolute Gasteiger partial charge is 0.146 e. The first-order valence-corrected chi connectivity index (χ1v) is 6.60. The van der Waals surface area contributed by atoms with Crippen LogP contribution in [0.5, 0.6) is 11.5 Å². The summed E-state index contributed by atoms with van der Waals surface area (Å²) in [5, 5.41) is 0.490. The SMILES string of the molecule is Cc1cc(C)cc(Oc2ccc(C(N)=S)cc2Cl)c1. The van der Waals surface area contributed by atoms with Gasteiger partial charge in [-0.2, -0.15) is 0 Å². The van der Waals surface area contributed by atoms with Crippen molar-refractivity contribution in [1.29, 1.82) is 0 Å². The summed E-state index contributed by atoms with van der Waals surface area (Å²) >= 11 is 11.1. The van der Waals surface area contributed by atoms with Crippen LogP contribution in [0.1, 0.15) is 16.7 Å². The first kappa shape index (κ1) is 13.8. The average molecular weight is 292 g/mol. The standard InChI is InChI=1S/C15H14ClNOS/c1-9-5-10(2)7-12(6-9)18-14-4-3-11(15(17)19)8-13(14)16/h3-8H,1-2H3,(H2,17,19). The van der Waals surface area contributed by atoms with E-state index in [-0.39, 0.29) is 0 Å². The maximum atomic E-state index is 6.16. The van der Waals surface area contributed by atoms with Crippen molar-refractivity contribution in [3.05, 3.63) is 58.1 Å². The van der Waals surface area contributed by atoms with Gasteiger partial charge in [-0.1, -0.05) is 29.9 Å². The monoisotopic (exact) mass is 291 g/mol. The molecule has 0 aromatic heterocycles. The highest BCUT2D eigenvalue weighted by Gasteiger charge is 2.06. The molecule has 4 heteroatoms. The van der Waals surface area contributed by atoms with Crippen molar-refractivity contribution in [2.75, 3.05) is 0 Å². The van der Waals surface area contributed by atoms with Crippen molar-refractivity contribution in [1.82, 2.24) is 0 Å². The number of benzene rings is 2. The van der Waals surface area contributed by atoms with Crippen LogP contribution in [0, 0.1) is 13.8 Å². The Morgan fingerprint density at radius 3 is 2.26 bits per heavy atom. The number of ether oxygens (including phenoxy) is 1. The van der Waals surface area contributed by atoms with Gasteiger partial charge in [0.15, 0.2) is 0 Å². The summed E-state index contributed by atoms with van der Waals surface area (Å²) in [4.78, 5) is 0.319. The van der Waals surface area contributed by atoms with E-state index in [1.807, 2.05) is 26.0 Å². The summed E-state index contributed by atoms with van der Waals surface area (Å²) in [5.74, 6) is 1.36. The lowest BCUT2D eigenvalue weighted by atomic mass is 10.1. The van der Waals surface area contributed by atoms with Crippen molar-refractivity contribution < 1.29 is 4.74 Å². The van der Waals surface area contributed by atoms with Gasteiger partial charge in [0, 0.05) is 5.56 Å². The molecule has 19 heavy (non-hydrogen) atoms. The minimum absolute atomic E-state index is 0.319. The highest BCUT2D eigenvalue weighted by atomic mass is 35.5. The highest BCUT2D eigenvalue weighted by Crippen LogP contribution is 2.31. The number of halogens is 1. The Bertz CT molecular complexity index is 620. The summed E-state index contributed by atoms with van der Waals surface area (Å²) < 4.78 is 5.79. The topological polar surface area (TPSA) is 35.2 Å². The molecule has 0 spiro atoms. The van der Waals surface area contributed by atoms with E-state index < -0.39 is 0 Å². The second-order valence-electron chi connectivity index (χ2n) is 4.43. The molecule has 0 aliphatic rings. The van der Waals surface area contributed by atoms with Crippen molar-refractivity contribution >= 4 is 28.8 Å². The van der Waals surface area contributed by atoms with Crippen LogP contribution in [0.2, 0.25) is 5.02 Å². The second kappa shape index (κ2) is 5.59. The first-order valence-electron chi connectivity index (χ1n) is 5.81. The predicted octanol–water partition coefficient (Wildman–Crippen LogP) is 4.38. The van der Waals surface area contributed by atoms with Crippen LogP contribution in [-0.4, -0.2) is 4.99 Å². The maximum absolute atomic E-state index is 6.16. The Labute approximate surface area is 123 Å². The van der Waals surface area contributed by atoms with E-state index in [0.717, 1.165) is 22.4 Å². The molecule has 0 amide bonds. The Balaban J connectivity index is 2.30. The molecule has 0 bridgehead atoms. The third-order valence-electron chi connectivity index (χ3n) is 2.64. The number of rotatable bonds is 3.